The highest BCUT2D eigenvalue weighted by Crippen LogP contribution is 2.49. The van der Waals surface area contributed by atoms with Gasteiger partial charge in [0.15, 0.2) is 5.82 Å². The number of hydrogen-bond donors (Lipinski definition) is 3. The lowest BCUT2D eigenvalue weighted by atomic mass is 9.90. The monoisotopic (exact) mass is 555 g/mol. The maximum absolute atomic E-state index is 14.4. The molecule has 37 heavy (non-hydrogen) atoms. The standard InChI is InChI=1S/C25H19Cl2F4N3O3/c1-2-36-33-10-9-32-23(35)18-8-7-17(15-5-3-4-6-16(15)18)21-13-24(37-34-21,25(29,30)31)14-11-19(26)22(28)20(27)12-14/h3-13,33-34H,2H2,1H3,(H,32,35)/b10-9+. The summed E-state index contributed by atoms with van der Waals surface area (Å²) in [5.41, 5.74) is 1.96. The van der Waals surface area contributed by atoms with Gasteiger partial charge in [0.25, 0.3) is 5.91 Å². The van der Waals surface area contributed by atoms with E-state index in [1.807, 2.05) is 0 Å². The Bertz CT molecular complexity index is 1390. The minimum Gasteiger partial charge on any atom is -0.327 e. The van der Waals surface area contributed by atoms with Crippen molar-refractivity contribution in [1.82, 2.24) is 16.3 Å². The van der Waals surface area contributed by atoms with E-state index in [0.717, 1.165) is 18.2 Å². The molecule has 0 spiro atoms. The molecule has 12 heteroatoms. The van der Waals surface area contributed by atoms with Gasteiger partial charge in [-0.15, -0.1) is 0 Å². The number of alkyl halides is 3. The highest BCUT2D eigenvalue weighted by Gasteiger charge is 2.60. The Morgan fingerprint density at radius 1 is 1.11 bits per heavy atom. The fourth-order valence-electron chi connectivity index (χ4n) is 3.84. The number of carbonyl (C=O) groups excluding carboxylic acids is 1. The number of amides is 1. The van der Waals surface area contributed by atoms with Crippen molar-refractivity contribution in [2.24, 2.45) is 0 Å². The van der Waals surface area contributed by atoms with E-state index in [9.17, 15) is 22.4 Å². The number of carbonyl (C=O) groups is 1. The van der Waals surface area contributed by atoms with Crippen LogP contribution >= 0.6 is 23.2 Å². The molecular formula is C25H19Cl2F4N3O3. The minimum absolute atomic E-state index is 0.0159. The van der Waals surface area contributed by atoms with E-state index in [2.05, 4.69) is 16.3 Å². The van der Waals surface area contributed by atoms with Crippen LogP contribution in [0.3, 0.4) is 0 Å². The van der Waals surface area contributed by atoms with Crippen LogP contribution < -0.4 is 16.3 Å². The van der Waals surface area contributed by atoms with Gasteiger partial charge >= 0.3 is 6.18 Å². The molecule has 1 aliphatic rings. The first kappa shape index (κ1) is 26.7. The molecule has 0 saturated carbocycles. The van der Waals surface area contributed by atoms with Gasteiger partial charge in [0.2, 0.25) is 5.60 Å². The summed E-state index contributed by atoms with van der Waals surface area (Å²) < 4.78 is 57.0. The first-order valence-corrected chi connectivity index (χ1v) is 11.6. The summed E-state index contributed by atoms with van der Waals surface area (Å²) >= 11 is 11.5. The van der Waals surface area contributed by atoms with E-state index < -0.39 is 39.1 Å². The van der Waals surface area contributed by atoms with Crippen molar-refractivity contribution in [2.75, 3.05) is 6.61 Å². The van der Waals surface area contributed by atoms with Crippen LogP contribution in [0.5, 0.6) is 0 Å². The molecule has 1 atom stereocenters. The van der Waals surface area contributed by atoms with Crippen molar-refractivity contribution in [3.63, 3.8) is 0 Å². The molecule has 3 N–H and O–H groups in total. The zero-order valence-electron chi connectivity index (χ0n) is 19.1. The second-order valence-electron chi connectivity index (χ2n) is 7.81. The summed E-state index contributed by atoms with van der Waals surface area (Å²) in [5.74, 6) is -1.48. The van der Waals surface area contributed by atoms with Crippen LogP contribution in [0.1, 0.15) is 28.4 Å². The van der Waals surface area contributed by atoms with Gasteiger partial charge in [-0.3, -0.25) is 25.4 Å². The fraction of sp³-hybridized carbons (Fsp3) is 0.160. The first-order valence-electron chi connectivity index (χ1n) is 10.8. The fourth-order valence-corrected chi connectivity index (χ4v) is 4.33. The molecule has 194 valence electrons. The van der Waals surface area contributed by atoms with Crippen LogP contribution in [0.15, 0.2) is 67.0 Å². The molecule has 3 aromatic rings. The molecule has 0 radical (unpaired) electrons. The highest BCUT2D eigenvalue weighted by atomic mass is 35.5. The molecule has 0 fully saturated rings. The predicted molar refractivity (Wildman–Crippen MR) is 132 cm³/mol. The lowest BCUT2D eigenvalue weighted by molar-refractivity contribution is -0.269. The molecular weight excluding hydrogens is 537 g/mol. The van der Waals surface area contributed by atoms with E-state index in [0.29, 0.717) is 28.5 Å². The summed E-state index contributed by atoms with van der Waals surface area (Å²) in [6.45, 7) is 2.21. The molecule has 0 bridgehead atoms. The molecule has 1 unspecified atom stereocenters. The Labute approximate surface area is 218 Å². The van der Waals surface area contributed by atoms with Gasteiger partial charge in [-0.25, -0.2) is 4.39 Å². The zero-order chi connectivity index (χ0) is 26.8. The van der Waals surface area contributed by atoms with Gasteiger partial charge in [-0.05, 0) is 42.0 Å². The average Bonchev–Trinajstić information content (AvgIpc) is 3.33. The Hall–Kier alpha value is -3.31. The van der Waals surface area contributed by atoms with E-state index in [1.54, 1.807) is 31.2 Å². The number of benzene rings is 3. The van der Waals surface area contributed by atoms with E-state index in [1.165, 1.54) is 24.5 Å². The van der Waals surface area contributed by atoms with Gasteiger partial charge in [0.05, 0.1) is 22.3 Å². The summed E-state index contributed by atoms with van der Waals surface area (Å²) in [6.07, 6.45) is -1.39. The summed E-state index contributed by atoms with van der Waals surface area (Å²) in [7, 11) is 0. The molecule has 4 rings (SSSR count). The number of hydrogen-bond acceptors (Lipinski definition) is 5. The van der Waals surface area contributed by atoms with Crippen LogP contribution in [0.25, 0.3) is 16.5 Å². The van der Waals surface area contributed by atoms with Crippen molar-refractivity contribution in [3.05, 3.63) is 99.6 Å². The Balaban J connectivity index is 1.77. The quantitative estimate of drug-likeness (QED) is 0.137. The third-order valence-corrected chi connectivity index (χ3v) is 6.11. The summed E-state index contributed by atoms with van der Waals surface area (Å²) in [5, 5.41) is 2.40. The topological polar surface area (TPSA) is 71.6 Å². The zero-order valence-corrected chi connectivity index (χ0v) is 20.6. The normalized spacial score (nSPS) is 17.6. The number of rotatable bonds is 7. The summed E-state index contributed by atoms with van der Waals surface area (Å²) in [4.78, 5) is 22.8. The Morgan fingerprint density at radius 3 is 2.43 bits per heavy atom. The third-order valence-electron chi connectivity index (χ3n) is 5.56. The van der Waals surface area contributed by atoms with Gasteiger partial charge in [0.1, 0.15) is 0 Å². The number of nitrogens with one attached hydrogen (secondary N) is 3. The lowest BCUT2D eigenvalue weighted by Gasteiger charge is -2.28. The second-order valence-corrected chi connectivity index (χ2v) is 8.63. The van der Waals surface area contributed by atoms with Crippen LogP contribution in [-0.2, 0) is 15.3 Å². The van der Waals surface area contributed by atoms with Crippen molar-refractivity contribution in [2.45, 2.75) is 18.7 Å². The van der Waals surface area contributed by atoms with Crippen LogP contribution in [0.2, 0.25) is 10.0 Å². The number of fused-ring (bicyclic) bond motifs is 1. The van der Waals surface area contributed by atoms with E-state index in [4.69, 9.17) is 32.9 Å². The largest absolute Gasteiger partial charge is 0.428 e. The van der Waals surface area contributed by atoms with Crippen molar-refractivity contribution >= 4 is 45.6 Å². The molecule has 6 nitrogen and oxygen atoms in total. The molecule has 0 aliphatic carbocycles. The molecule has 1 aliphatic heterocycles. The van der Waals surface area contributed by atoms with Gasteiger partial charge in [-0.1, -0.05) is 53.5 Å². The van der Waals surface area contributed by atoms with Gasteiger partial charge in [-0.2, -0.15) is 13.2 Å². The Kier molecular flexibility index (Phi) is 7.65. The van der Waals surface area contributed by atoms with Crippen LogP contribution in [-0.4, -0.2) is 18.7 Å². The van der Waals surface area contributed by atoms with Crippen molar-refractivity contribution in [1.29, 1.82) is 0 Å². The van der Waals surface area contributed by atoms with Crippen molar-refractivity contribution in [3.8, 4) is 0 Å². The predicted octanol–water partition coefficient (Wildman–Crippen LogP) is 6.36. The van der Waals surface area contributed by atoms with Crippen molar-refractivity contribution < 1.29 is 32.0 Å². The van der Waals surface area contributed by atoms with E-state index in [-0.39, 0.29) is 5.70 Å². The molecule has 0 saturated heterocycles. The molecule has 1 amide bonds. The van der Waals surface area contributed by atoms with E-state index >= 15 is 0 Å². The summed E-state index contributed by atoms with van der Waals surface area (Å²) in [6, 6.07) is 11.3. The second kappa shape index (κ2) is 10.6. The van der Waals surface area contributed by atoms with Crippen LogP contribution in [0, 0.1) is 5.82 Å². The third kappa shape index (κ3) is 5.10. The maximum atomic E-state index is 14.4. The Morgan fingerprint density at radius 2 is 1.78 bits per heavy atom. The molecule has 1 heterocycles. The minimum atomic E-state index is -4.97. The van der Waals surface area contributed by atoms with Crippen LogP contribution in [0.4, 0.5) is 17.6 Å². The average molecular weight is 556 g/mol. The highest BCUT2D eigenvalue weighted by molar-refractivity contribution is 6.35. The maximum Gasteiger partial charge on any atom is 0.428 e. The number of hydroxylamine groups is 2. The lowest BCUT2D eigenvalue weighted by Crippen LogP contribution is -2.42. The number of halogens is 6. The van der Waals surface area contributed by atoms with Gasteiger partial charge in [0, 0.05) is 29.1 Å². The first-order chi connectivity index (χ1) is 17.6. The smallest absolute Gasteiger partial charge is 0.327 e. The SMILES string of the molecule is CCON/C=C/NC(=O)c1ccc(C2=CC(c3cc(Cl)c(F)c(Cl)c3)(C(F)(F)F)ON2)c2ccccc12. The molecule has 0 aromatic heterocycles. The molecule has 3 aromatic carbocycles. The van der Waals surface area contributed by atoms with Gasteiger partial charge < -0.3 is 5.32 Å².